The molecular formula is C20H24Cl2FN3O. The van der Waals surface area contributed by atoms with Crippen molar-refractivity contribution in [3.8, 4) is 0 Å². The molecule has 0 unspecified atom stereocenters. The molecule has 0 N–H and O–H groups in total. The molecule has 1 aliphatic rings. The maximum atomic E-state index is 14.6. The van der Waals surface area contributed by atoms with E-state index in [0.717, 1.165) is 23.1 Å². The van der Waals surface area contributed by atoms with Gasteiger partial charge in [0.05, 0.1) is 0 Å². The topological polar surface area (TPSA) is 38.1 Å². The van der Waals surface area contributed by atoms with Crippen LogP contribution < -0.4 is 0 Å². The minimum Gasteiger partial charge on any atom is -0.331 e. The number of alkyl halides is 2. The Hall–Kier alpha value is -1.59. The fraction of sp³-hybridized carbons (Fsp3) is 0.500. The maximum absolute atomic E-state index is 14.6. The molecule has 1 amide bonds. The molecule has 2 aromatic rings. The summed E-state index contributed by atoms with van der Waals surface area (Å²) in [4.78, 5) is 13.9. The zero-order valence-corrected chi connectivity index (χ0v) is 17.5. The fourth-order valence-corrected chi connectivity index (χ4v) is 3.65. The van der Waals surface area contributed by atoms with Gasteiger partial charge in [0.25, 0.3) is 5.91 Å². The number of hydrogen-bond donors (Lipinski definition) is 0. The summed E-state index contributed by atoms with van der Waals surface area (Å²) in [5, 5.41) is 3.99. The number of rotatable bonds is 5. The van der Waals surface area contributed by atoms with Crippen LogP contribution in [0.15, 0.2) is 24.3 Å². The summed E-state index contributed by atoms with van der Waals surface area (Å²) in [6.07, 6.45) is 1.82. The molecule has 1 fully saturated rings. The van der Waals surface area contributed by atoms with Gasteiger partial charge in [-0.15, -0.1) is 0 Å². The lowest BCUT2D eigenvalue weighted by Crippen LogP contribution is -2.34. The molecule has 7 heteroatoms. The molecule has 0 saturated heterocycles. The zero-order valence-electron chi connectivity index (χ0n) is 16.0. The Morgan fingerprint density at radius 1 is 1.33 bits per heavy atom. The minimum absolute atomic E-state index is 0.0586. The van der Waals surface area contributed by atoms with Gasteiger partial charge in [-0.1, -0.05) is 68.2 Å². The highest BCUT2D eigenvalue weighted by molar-refractivity contribution is 6.44. The highest BCUT2D eigenvalue weighted by Crippen LogP contribution is 2.35. The van der Waals surface area contributed by atoms with Crippen molar-refractivity contribution in [2.75, 3.05) is 0 Å². The third-order valence-electron chi connectivity index (χ3n) is 4.84. The first kappa shape index (κ1) is 20.2. The van der Waals surface area contributed by atoms with Gasteiger partial charge in [0.2, 0.25) is 5.95 Å². The predicted molar refractivity (Wildman–Crippen MR) is 106 cm³/mol. The van der Waals surface area contributed by atoms with E-state index in [0.29, 0.717) is 6.54 Å². The Balaban J connectivity index is 1.99. The molecule has 0 bridgehead atoms. The summed E-state index contributed by atoms with van der Waals surface area (Å²) in [6.45, 7) is 6.83. The van der Waals surface area contributed by atoms with E-state index in [2.05, 4.69) is 31.9 Å². The highest BCUT2D eigenvalue weighted by Gasteiger charge is 2.38. The Kier molecular flexibility index (Phi) is 5.55. The third kappa shape index (κ3) is 4.14. The molecule has 1 saturated carbocycles. The number of benzene rings is 1. The Labute approximate surface area is 169 Å². The van der Waals surface area contributed by atoms with Crippen LogP contribution in [0, 0.1) is 5.95 Å². The monoisotopic (exact) mass is 411 g/mol. The first-order valence-corrected chi connectivity index (χ1v) is 9.88. The van der Waals surface area contributed by atoms with E-state index in [-0.39, 0.29) is 22.7 Å². The first-order valence-electron chi connectivity index (χ1n) is 9.01. The van der Waals surface area contributed by atoms with Crippen LogP contribution in [0.25, 0.3) is 0 Å². The maximum Gasteiger partial charge on any atom is 0.261 e. The number of carbonyl (C=O) groups is 1. The van der Waals surface area contributed by atoms with E-state index in [9.17, 15) is 9.18 Å². The van der Waals surface area contributed by atoms with Gasteiger partial charge < -0.3 is 4.90 Å². The van der Waals surface area contributed by atoms with Crippen molar-refractivity contribution in [1.29, 1.82) is 0 Å². The number of aromatic nitrogens is 2. The SMILES string of the molecule is Cn1nc(C(Cl)Cl)c(C(=O)N(Cc2ccccc2C(C)(C)C)C2CC2)c1F. The summed E-state index contributed by atoms with van der Waals surface area (Å²) in [7, 11) is 1.43. The normalized spacial score (nSPS) is 14.7. The number of halogens is 3. The largest absolute Gasteiger partial charge is 0.331 e. The number of nitrogens with zero attached hydrogens (tertiary/aromatic N) is 3. The van der Waals surface area contributed by atoms with Gasteiger partial charge in [-0.05, 0) is 29.4 Å². The van der Waals surface area contributed by atoms with Crippen LogP contribution in [0.2, 0.25) is 0 Å². The van der Waals surface area contributed by atoms with Gasteiger partial charge >= 0.3 is 0 Å². The van der Waals surface area contributed by atoms with E-state index in [1.54, 1.807) is 4.90 Å². The van der Waals surface area contributed by atoms with Gasteiger partial charge in [-0.2, -0.15) is 9.49 Å². The molecule has 0 atom stereocenters. The standard InChI is InChI=1S/C20H24Cl2FN3O/c1-20(2,3)14-8-6-5-7-12(14)11-26(13-9-10-13)19(27)15-16(17(21)22)24-25(4)18(15)23/h5-8,13,17H,9-11H2,1-4H3. The number of hydrogen-bond acceptors (Lipinski definition) is 2. The van der Waals surface area contributed by atoms with E-state index in [4.69, 9.17) is 23.2 Å². The highest BCUT2D eigenvalue weighted by atomic mass is 35.5. The van der Waals surface area contributed by atoms with Crippen molar-refractivity contribution < 1.29 is 9.18 Å². The van der Waals surface area contributed by atoms with Crippen LogP contribution in [-0.4, -0.2) is 26.6 Å². The molecule has 3 rings (SSSR count). The molecule has 4 nitrogen and oxygen atoms in total. The Morgan fingerprint density at radius 2 is 1.96 bits per heavy atom. The van der Waals surface area contributed by atoms with Crippen molar-refractivity contribution in [3.05, 3.63) is 52.6 Å². The van der Waals surface area contributed by atoms with Gasteiger partial charge in [0, 0.05) is 19.6 Å². The van der Waals surface area contributed by atoms with Crippen molar-refractivity contribution in [1.82, 2.24) is 14.7 Å². The van der Waals surface area contributed by atoms with Crippen LogP contribution in [-0.2, 0) is 19.0 Å². The third-order valence-corrected chi connectivity index (χ3v) is 5.25. The van der Waals surface area contributed by atoms with E-state index in [1.807, 2.05) is 18.2 Å². The zero-order chi connectivity index (χ0) is 19.9. The van der Waals surface area contributed by atoms with Crippen LogP contribution in [0.3, 0.4) is 0 Å². The van der Waals surface area contributed by atoms with E-state index in [1.165, 1.54) is 12.6 Å². The Bertz CT molecular complexity index is 853. The lowest BCUT2D eigenvalue weighted by molar-refractivity contribution is 0.0722. The summed E-state index contributed by atoms with van der Waals surface area (Å²) in [5.74, 6) is -1.12. The summed E-state index contributed by atoms with van der Waals surface area (Å²) in [5.41, 5.74) is 2.11. The van der Waals surface area contributed by atoms with Crippen molar-refractivity contribution >= 4 is 29.1 Å². The number of amides is 1. The fourth-order valence-electron chi connectivity index (χ4n) is 3.34. The van der Waals surface area contributed by atoms with Gasteiger partial charge in [0.15, 0.2) is 4.84 Å². The van der Waals surface area contributed by atoms with Crippen LogP contribution >= 0.6 is 23.2 Å². The summed E-state index contributed by atoms with van der Waals surface area (Å²) >= 11 is 11.9. The number of carbonyl (C=O) groups excluding carboxylic acids is 1. The van der Waals surface area contributed by atoms with Crippen LogP contribution in [0.4, 0.5) is 4.39 Å². The smallest absolute Gasteiger partial charge is 0.261 e. The van der Waals surface area contributed by atoms with Crippen molar-refractivity contribution in [3.63, 3.8) is 0 Å². The molecule has 0 spiro atoms. The van der Waals surface area contributed by atoms with Crippen LogP contribution in [0.5, 0.6) is 0 Å². The van der Waals surface area contributed by atoms with E-state index >= 15 is 0 Å². The van der Waals surface area contributed by atoms with Crippen molar-refractivity contribution in [2.45, 2.75) is 56.5 Å². The number of aryl methyl sites for hydroxylation is 1. The molecule has 1 aliphatic carbocycles. The van der Waals surface area contributed by atoms with Crippen LogP contribution in [0.1, 0.15) is 65.6 Å². The minimum atomic E-state index is -1.07. The Morgan fingerprint density at radius 3 is 2.52 bits per heavy atom. The first-order chi connectivity index (χ1) is 12.6. The molecule has 0 aliphatic heterocycles. The lowest BCUT2D eigenvalue weighted by atomic mass is 9.83. The van der Waals surface area contributed by atoms with Crippen molar-refractivity contribution in [2.24, 2.45) is 7.05 Å². The summed E-state index contributed by atoms with van der Waals surface area (Å²) in [6, 6.07) is 8.16. The van der Waals surface area contributed by atoms with E-state index < -0.39 is 16.7 Å². The quantitative estimate of drug-likeness (QED) is 0.638. The predicted octanol–water partition coefficient (Wildman–Crippen LogP) is 5.14. The van der Waals surface area contributed by atoms with Gasteiger partial charge in [-0.3, -0.25) is 4.79 Å². The molecule has 146 valence electrons. The average Bonchev–Trinajstić information content (AvgIpc) is 3.38. The second kappa shape index (κ2) is 7.44. The molecule has 1 aromatic carbocycles. The van der Waals surface area contributed by atoms with Gasteiger partial charge in [0.1, 0.15) is 11.3 Å². The second-order valence-corrected chi connectivity index (χ2v) is 9.14. The lowest BCUT2D eigenvalue weighted by Gasteiger charge is -2.28. The second-order valence-electron chi connectivity index (χ2n) is 8.05. The molecule has 27 heavy (non-hydrogen) atoms. The summed E-state index contributed by atoms with van der Waals surface area (Å²) < 4.78 is 15.6. The molecule has 1 aromatic heterocycles. The molecular weight excluding hydrogens is 388 g/mol. The molecule has 1 heterocycles. The van der Waals surface area contributed by atoms with Gasteiger partial charge in [-0.25, -0.2) is 4.68 Å². The average molecular weight is 412 g/mol. The molecule has 0 radical (unpaired) electrons.